The fraction of sp³-hybridized carbons (Fsp3) is 0.600. The van der Waals surface area contributed by atoms with Gasteiger partial charge in [-0.05, 0) is 0 Å². The van der Waals surface area contributed by atoms with Gasteiger partial charge in [0.2, 0.25) is 6.17 Å². The van der Waals surface area contributed by atoms with E-state index in [0.717, 1.165) is 0 Å². The molecule has 0 heterocycles. The molecule has 0 amide bonds. The number of ether oxygens (including phenoxy) is 1. The minimum Gasteiger partial charge on any atom is -0.465 e. The lowest BCUT2D eigenvalue weighted by Crippen LogP contribution is -2.25. The Morgan fingerprint density at radius 2 is 1.70 bits per heavy atom. The molecule has 0 aliphatic carbocycles. The molecule has 0 aliphatic rings. The monoisotopic (exact) mass is 158 g/mol. The highest BCUT2D eigenvalue weighted by Gasteiger charge is 2.30. The molecule has 1 nitrogen and oxygen atoms in total. The van der Waals surface area contributed by atoms with Crippen LogP contribution in [0.15, 0.2) is 12.8 Å². The maximum absolute atomic E-state index is 11.9. The zero-order valence-corrected chi connectivity index (χ0v) is 4.94. The summed E-state index contributed by atoms with van der Waals surface area (Å²) >= 11 is 0. The molecule has 0 bridgehead atoms. The quantitative estimate of drug-likeness (QED) is 0.449. The van der Waals surface area contributed by atoms with Crippen molar-refractivity contribution in [3.8, 4) is 0 Å². The second-order valence-electron chi connectivity index (χ2n) is 1.43. The van der Waals surface area contributed by atoms with Crippen molar-refractivity contribution in [2.45, 2.75) is 19.0 Å². The Balaban J connectivity index is 3.68. The average Bonchev–Trinajstić information content (AvgIpc) is 1.87. The standard InChI is InChI=1S/C5H6F4O/c1-2-10-5(9)3(6)4(7)8/h2-5H,1H2. The van der Waals surface area contributed by atoms with Gasteiger partial charge in [-0.1, -0.05) is 6.58 Å². The molecule has 5 heteroatoms. The normalized spacial score (nSPS) is 16.5. The van der Waals surface area contributed by atoms with E-state index >= 15 is 0 Å². The van der Waals surface area contributed by atoms with Crippen LogP contribution in [-0.2, 0) is 4.74 Å². The summed E-state index contributed by atoms with van der Waals surface area (Å²) in [5.74, 6) is 0. The molecule has 0 saturated carbocycles. The van der Waals surface area contributed by atoms with Crippen molar-refractivity contribution in [3.05, 3.63) is 12.8 Å². The molecule has 0 N–H and O–H groups in total. The molecule has 0 aromatic heterocycles. The highest BCUT2D eigenvalue weighted by atomic mass is 19.3. The fourth-order valence-corrected chi connectivity index (χ4v) is 0.281. The second kappa shape index (κ2) is 4.14. The third-order valence-corrected chi connectivity index (χ3v) is 0.717. The largest absolute Gasteiger partial charge is 0.465 e. The first kappa shape index (κ1) is 9.26. The van der Waals surface area contributed by atoms with Gasteiger partial charge in [0.25, 0.3) is 12.8 Å². The summed E-state index contributed by atoms with van der Waals surface area (Å²) in [5, 5.41) is 0. The van der Waals surface area contributed by atoms with Crippen LogP contribution < -0.4 is 0 Å². The SMILES string of the molecule is C=COC(F)C(F)C(F)F. The number of hydrogen-bond donors (Lipinski definition) is 0. The molecule has 0 rings (SSSR count). The van der Waals surface area contributed by atoms with Crippen molar-refractivity contribution in [1.82, 2.24) is 0 Å². The molecule has 0 spiro atoms. The molecule has 0 saturated heterocycles. The van der Waals surface area contributed by atoms with E-state index in [4.69, 9.17) is 0 Å². The molecule has 60 valence electrons. The van der Waals surface area contributed by atoms with Crippen molar-refractivity contribution < 1.29 is 22.3 Å². The van der Waals surface area contributed by atoms with Crippen molar-refractivity contribution in [1.29, 1.82) is 0 Å². The van der Waals surface area contributed by atoms with Gasteiger partial charge in [-0.15, -0.1) is 0 Å². The third kappa shape index (κ3) is 2.70. The predicted octanol–water partition coefficient (Wildman–Crippen LogP) is 2.05. The molecule has 0 aromatic rings. The van der Waals surface area contributed by atoms with Crippen LogP contribution in [0.3, 0.4) is 0 Å². The lowest BCUT2D eigenvalue weighted by Gasteiger charge is -2.10. The molecule has 0 fully saturated rings. The van der Waals surface area contributed by atoms with Gasteiger partial charge in [0.1, 0.15) is 0 Å². The Morgan fingerprint density at radius 3 is 2.00 bits per heavy atom. The minimum absolute atomic E-state index is 0.569. The summed E-state index contributed by atoms with van der Waals surface area (Å²) in [6.07, 6.45) is -8.33. The number of alkyl halides is 4. The summed E-state index contributed by atoms with van der Waals surface area (Å²) in [6, 6.07) is 0. The lowest BCUT2D eigenvalue weighted by atomic mass is 10.4. The van der Waals surface area contributed by atoms with Crippen LogP contribution in [0.1, 0.15) is 0 Å². The number of hydrogen-bond acceptors (Lipinski definition) is 1. The number of rotatable bonds is 4. The van der Waals surface area contributed by atoms with Gasteiger partial charge in [0, 0.05) is 0 Å². The average molecular weight is 158 g/mol. The van der Waals surface area contributed by atoms with E-state index in [1.165, 1.54) is 0 Å². The Bertz CT molecular complexity index is 106. The van der Waals surface area contributed by atoms with Gasteiger partial charge in [-0.2, -0.15) is 4.39 Å². The maximum Gasteiger partial charge on any atom is 0.275 e. The first-order valence-corrected chi connectivity index (χ1v) is 2.42. The summed E-state index contributed by atoms with van der Waals surface area (Å²) in [4.78, 5) is 0. The van der Waals surface area contributed by atoms with Crippen molar-refractivity contribution in [2.24, 2.45) is 0 Å². The van der Waals surface area contributed by atoms with Crippen molar-refractivity contribution >= 4 is 0 Å². The highest BCUT2D eigenvalue weighted by molar-refractivity contribution is 4.64. The van der Waals surface area contributed by atoms with E-state index in [0.29, 0.717) is 6.26 Å². The Hall–Kier alpha value is -0.740. The smallest absolute Gasteiger partial charge is 0.275 e. The fourth-order valence-electron chi connectivity index (χ4n) is 0.281. The van der Waals surface area contributed by atoms with Gasteiger partial charge in [-0.3, -0.25) is 0 Å². The Labute approximate surface area is 55.3 Å². The first-order valence-electron chi connectivity index (χ1n) is 2.42. The van der Waals surface area contributed by atoms with E-state index in [-0.39, 0.29) is 0 Å². The first-order chi connectivity index (χ1) is 4.59. The van der Waals surface area contributed by atoms with E-state index in [2.05, 4.69) is 11.3 Å². The number of halogens is 4. The molecule has 2 atom stereocenters. The van der Waals surface area contributed by atoms with Crippen LogP contribution in [0, 0.1) is 0 Å². The summed E-state index contributed by atoms with van der Waals surface area (Å²) < 4.78 is 50.0. The van der Waals surface area contributed by atoms with E-state index in [1.807, 2.05) is 0 Å². The van der Waals surface area contributed by atoms with E-state index in [1.54, 1.807) is 0 Å². The topological polar surface area (TPSA) is 9.23 Å². The molecule has 0 aliphatic heterocycles. The van der Waals surface area contributed by atoms with Gasteiger partial charge in [0.15, 0.2) is 0 Å². The maximum atomic E-state index is 11.9. The zero-order valence-electron chi connectivity index (χ0n) is 4.94. The highest BCUT2D eigenvalue weighted by Crippen LogP contribution is 2.13. The van der Waals surface area contributed by atoms with Crippen LogP contribution in [0.25, 0.3) is 0 Å². The minimum atomic E-state index is -3.37. The Kier molecular flexibility index (Phi) is 3.83. The van der Waals surface area contributed by atoms with Crippen LogP contribution in [0.2, 0.25) is 0 Å². The van der Waals surface area contributed by atoms with Crippen LogP contribution >= 0.6 is 0 Å². The van der Waals surface area contributed by atoms with Gasteiger partial charge in [-0.25, -0.2) is 13.2 Å². The third-order valence-electron chi connectivity index (χ3n) is 0.717. The molecule has 0 aromatic carbocycles. The predicted molar refractivity (Wildman–Crippen MR) is 27.1 cm³/mol. The van der Waals surface area contributed by atoms with Crippen molar-refractivity contribution in [2.75, 3.05) is 0 Å². The second-order valence-corrected chi connectivity index (χ2v) is 1.43. The zero-order chi connectivity index (χ0) is 8.15. The Morgan fingerprint density at radius 1 is 1.20 bits per heavy atom. The van der Waals surface area contributed by atoms with Crippen LogP contribution in [-0.4, -0.2) is 19.0 Å². The van der Waals surface area contributed by atoms with Crippen LogP contribution in [0.4, 0.5) is 17.6 Å². The molecule has 2 unspecified atom stereocenters. The van der Waals surface area contributed by atoms with E-state index < -0.39 is 19.0 Å². The van der Waals surface area contributed by atoms with Gasteiger partial charge in [0.05, 0.1) is 6.26 Å². The lowest BCUT2D eigenvalue weighted by molar-refractivity contribution is -0.0951. The van der Waals surface area contributed by atoms with Gasteiger partial charge >= 0.3 is 0 Å². The van der Waals surface area contributed by atoms with Gasteiger partial charge < -0.3 is 4.74 Å². The molecular formula is C5H6F4O. The molecule has 10 heavy (non-hydrogen) atoms. The molecule has 0 radical (unpaired) electrons. The van der Waals surface area contributed by atoms with E-state index in [9.17, 15) is 17.6 Å². The van der Waals surface area contributed by atoms with Crippen molar-refractivity contribution in [3.63, 3.8) is 0 Å². The summed E-state index contributed by atoms with van der Waals surface area (Å²) in [5.41, 5.74) is 0. The van der Waals surface area contributed by atoms with Crippen LogP contribution in [0.5, 0.6) is 0 Å². The summed E-state index contributed by atoms with van der Waals surface area (Å²) in [7, 11) is 0. The molecular weight excluding hydrogens is 152 g/mol. The summed E-state index contributed by atoms with van der Waals surface area (Å²) in [6.45, 7) is 2.87.